The number of phenolic OH excluding ortho intramolecular Hbond substituents is 1. The number of aromatic nitrogens is 1. The molecule has 2 N–H and O–H groups in total. The van der Waals surface area contributed by atoms with Gasteiger partial charge < -0.3 is 10.4 Å². The summed E-state index contributed by atoms with van der Waals surface area (Å²) in [7, 11) is 0. The van der Waals surface area contributed by atoms with E-state index in [1.54, 1.807) is 18.2 Å². The molecule has 3 aromatic rings. The van der Waals surface area contributed by atoms with Crippen LogP contribution in [-0.4, -0.2) is 28.2 Å². The average molecular weight is 350 g/mol. The number of carbonyl (C=O) groups is 1. The predicted octanol–water partition coefficient (Wildman–Crippen LogP) is 2.96. The van der Waals surface area contributed by atoms with E-state index in [-0.39, 0.29) is 17.2 Å². The first-order valence-electron chi connectivity index (χ1n) is 8.77. The van der Waals surface area contributed by atoms with Gasteiger partial charge in [0, 0.05) is 11.5 Å². The van der Waals surface area contributed by atoms with E-state index in [1.807, 2.05) is 37.3 Å². The first-order chi connectivity index (χ1) is 12.6. The summed E-state index contributed by atoms with van der Waals surface area (Å²) in [5, 5.41) is 14.1. The number of phenols is 1. The standard InChI is InChI=1S/C21H22N2O3/c1-2-17(22-14-13-15-7-4-3-5-8-15)21(26)23-19(25)12-11-16-9-6-10-18(24)20(16)23/h3-12,17,22,24H,2,13-14H2,1H3. The van der Waals surface area contributed by atoms with Crippen LogP contribution in [0.1, 0.15) is 23.7 Å². The lowest BCUT2D eigenvalue weighted by molar-refractivity contribution is 0.0858. The zero-order valence-electron chi connectivity index (χ0n) is 14.7. The minimum atomic E-state index is -0.499. The van der Waals surface area contributed by atoms with E-state index in [1.165, 1.54) is 17.7 Å². The van der Waals surface area contributed by atoms with Gasteiger partial charge in [0.1, 0.15) is 11.3 Å². The van der Waals surface area contributed by atoms with Crippen molar-refractivity contribution < 1.29 is 9.90 Å². The summed E-state index contributed by atoms with van der Waals surface area (Å²) in [6.07, 6.45) is 1.34. The van der Waals surface area contributed by atoms with E-state index in [9.17, 15) is 14.7 Å². The Morgan fingerprint density at radius 1 is 1.08 bits per heavy atom. The van der Waals surface area contributed by atoms with Crippen molar-refractivity contribution in [3.63, 3.8) is 0 Å². The molecule has 0 saturated heterocycles. The molecule has 1 unspecified atom stereocenters. The first-order valence-corrected chi connectivity index (χ1v) is 8.77. The molecule has 0 amide bonds. The zero-order chi connectivity index (χ0) is 18.5. The van der Waals surface area contributed by atoms with Gasteiger partial charge in [-0.15, -0.1) is 0 Å². The third-order valence-corrected chi connectivity index (χ3v) is 4.47. The van der Waals surface area contributed by atoms with Gasteiger partial charge in [-0.25, -0.2) is 4.57 Å². The maximum absolute atomic E-state index is 13.0. The fourth-order valence-corrected chi connectivity index (χ4v) is 3.09. The van der Waals surface area contributed by atoms with E-state index >= 15 is 0 Å². The Kier molecular flexibility index (Phi) is 5.49. The molecule has 1 heterocycles. The summed E-state index contributed by atoms with van der Waals surface area (Å²) in [4.78, 5) is 25.3. The molecule has 1 aromatic heterocycles. The molecule has 0 aliphatic rings. The van der Waals surface area contributed by atoms with Crippen molar-refractivity contribution in [2.24, 2.45) is 0 Å². The number of pyridine rings is 1. The van der Waals surface area contributed by atoms with Crippen molar-refractivity contribution in [3.05, 3.63) is 76.6 Å². The second-order valence-electron chi connectivity index (χ2n) is 6.21. The highest BCUT2D eigenvalue weighted by Crippen LogP contribution is 2.23. The molecule has 0 bridgehead atoms. The van der Waals surface area contributed by atoms with Crippen molar-refractivity contribution in [1.82, 2.24) is 9.88 Å². The van der Waals surface area contributed by atoms with Crippen molar-refractivity contribution >= 4 is 16.8 Å². The smallest absolute Gasteiger partial charge is 0.257 e. The van der Waals surface area contributed by atoms with Crippen LogP contribution in [-0.2, 0) is 6.42 Å². The Bertz CT molecular complexity index is 964. The van der Waals surface area contributed by atoms with Crippen LogP contribution in [0.15, 0.2) is 65.5 Å². The highest BCUT2D eigenvalue weighted by atomic mass is 16.3. The largest absolute Gasteiger partial charge is 0.506 e. The second kappa shape index (κ2) is 7.97. The van der Waals surface area contributed by atoms with Gasteiger partial charge >= 0.3 is 0 Å². The predicted molar refractivity (Wildman–Crippen MR) is 103 cm³/mol. The van der Waals surface area contributed by atoms with Crippen molar-refractivity contribution in [3.8, 4) is 5.75 Å². The maximum Gasteiger partial charge on any atom is 0.257 e. The number of hydrogen-bond acceptors (Lipinski definition) is 4. The van der Waals surface area contributed by atoms with Gasteiger partial charge in [-0.2, -0.15) is 0 Å². The summed E-state index contributed by atoms with van der Waals surface area (Å²) in [6.45, 7) is 2.52. The van der Waals surface area contributed by atoms with E-state index in [0.29, 0.717) is 18.4 Å². The minimum absolute atomic E-state index is 0.0762. The van der Waals surface area contributed by atoms with Gasteiger partial charge in [0.25, 0.3) is 11.5 Å². The number of hydrogen-bond donors (Lipinski definition) is 2. The topological polar surface area (TPSA) is 71.3 Å². The van der Waals surface area contributed by atoms with Crippen LogP contribution in [0.4, 0.5) is 0 Å². The Hall–Kier alpha value is -2.92. The number of nitrogens with one attached hydrogen (secondary N) is 1. The van der Waals surface area contributed by atoms with Gasteiger partial charge in [0.2, 0.25) is 0 Å². The SMILES string of the molecule is CCC(NCCc1ccccc1)C(=O)n1c(=O)ccc2cccc(O)c21. The van der Waals surface area contributed by atoms with E-state index in [4.69, 9.17) is 0 Å². The lowest BCUT2D eigenvalue weighted by Crippen LogP contribution is -2.43. The molecule has 0 aliphatic carbocycles. The molecule has 0 fully saturated rings. The molecule has 3 rings (SSSR count). The van der Waals surface area contributed by atoms with Gasteiger partial charge in [0.05, 0.1) is 6.04 Å². The second-order valence-corrected chi connectivity index (χ2v) is 6.21. The molecule has 2 aromatic carbocycles. The summed E-state index contributed by atoms with van der Waals surface area (Å²) in [6, 6.07) is 17.4. The van der Waals surface area contributed by atoms with Crippen LogP contribution in [0.25, 0.3) is 10.9 Å². The number of carbonyl (C=O) groups excluding carboxylic acids is 1. The third kappa shape index (κ3) is 3.68. The number of para-hydroxylation sites is 1. The summed E-state index contributed by atoms with van der Waals surface area (Å²) >= 11 is 0. The third-order valence-electron chi connectivity index (χ3n) is 4.47. The number of nitrogens with zero attached hydrogens (tertiary/aromatic N) is 1. The Labute approximate surface area is 151 Å². The summed E-state index contributed by atoms with van der Waals surface area (Å²) in [5.74, 6) is -0.426. The molecule has 0 radical (unpaired) electrons. The maximum atomic E-state index is 13.0. The van der Waals surface area contributed by atoms with Gasteiger partial charge in [-0.05, 0) is 37.1 Å². The number of aromatic hydroxyl groups is 1. The average Bonchev–Trinajstić information content (AvgIpc) is 2.66. The van der Waals surface area contributed by atoms with Crippen LogP contribution in [0, 0.1) is 0 Å². The monoisotopic (exact) mass is 350 g/mol. The number of benzene rings is 2. The van der Waals surface area contributed by atoms with Crippen molar-refractivity contribution in [2.45, 2.75) is 25.8 Å². The lowest BCUT2D eigenvalue weighted by atomic mass is 10.1. The van der Waals surface area contributed by atoms with Gasteiger partial charge in [-0.1, -0.05) is 49.4 Å². The molecule has 0 saturated carbocycles. The minimum Gasteiger partial charge on any atom is -0.506 e. The van der Waals surface area contributed by atoms with E-state index < -0.39 is 11.6 Å². The summed E-state index contributed by atoms with van der Waals surface area (Å²) < 4.78 is 1.08. The molecule has 134 valence electrons. The summed E-state index contributed by atoms with van der Waals surface area (Å²) in [5.41, 5.74) is 1.00. The van der Waals surface area contributed by atoms with Crippen LogP contribution in [0.3, 0.4) is 0 Å². The Morgan fingerprint density at radius 2 is 1.85 bits per heavy atom. The molecule has 0 spiro atoms. The Balaban J connectivity index is 1.84. The molecular weight excluding hydrogens is 328 g/mol. The quantitative estimate of drug-likeness (QED) is 0.717. The fraction of sp³-hybridized carbons (Fsp3) is 0.238. The van der Waals surface area contributed by atoms with E-state index in [0.717, 1.165) is 11.0 Å². The first kappa shape index (κ1) is 17.9. The Morgan fingerprint density at radius 3 is 2.58 bits per heavy atom. The number of fused-ring (bicyclic) bond motifs is 1. The molecule has 26 heavy (non-hydrogen) atoms. The molecule has 5 heteroatoms. The lowest BCUT2D eigenvalue weighted by Gasteiger charge is -2.18. The van der Waals surface area contributed by atoms with Crippen LogP contribution < -0.4 is 10.9 Å². The molecule has 1 atom stereocenters. The van der Waals surface area contributed by atoms with Crippen molar-refractivity contribution in [2.75, 3.05) is 6.54 Å². The molecule has 5 nitrogen and oxygen atoms in total. The van der Waals surface area contributed by atoms with Crippen LogP contribution >= 0.6 is 0 Å². The normalized spacial score (nSPS) is 12.2. The highest BCUT2D eigenvalue weighted by Gasteiger charge is 2.21. The zero-order valence-corrected chi connectivity index (χ0v) is 14.7. The van der Waals surface area contributed by atoms with Gasteiger partial charge in [0.15, 0.2) is 0 Å². The molecule has 0 aliphatic heterocycles. The number of rotatable bonds is 6. The van der Waals surface area contributed by atoms with Crippen LogP contribution in [0.2, 0.25) is 0 Å². The molecular formula is C21H22N2O3. The van der Waals surface area contributed by atoms with Gasteiger partial charge in [-0.3, -0.25) is 9.59 Å². The fourth-order valence-electron chi connectivity index (χ4n) is 3.09. The highest BCUT2D eigenvalue weighted by molar-refractivity contribution is 5.96. The van der Waals surface area contributed by atoms with E-state index in [2.05, 4.69) is 5.32 Å². The van der Waals surface area contributed by atoms with Crippen LogP contribution in [0.5, 0.6) is 5.75 Å². The van der Waals surface area contributed by atoms with Crippen molar-refractivity contribution in [1.29, 1.82) is 0 Å².